The molecule has 0 spiro atoms. The number of rotatable bonds is 12. The van der Waals surface area contributed by atoms with Gasteiger partial charge in [-0.2, -0.15) is 0 Å². The van der Waals surface area contributed by atoms with Crippen molar-refractivity contribution in [3.63, 3.8) is 0 Å². The molecule has 2 aliphatic rings. The fourth-order valence-corrected chi connectivity index (χ4v) is 9.55. The van der Waals surface area contributed by atoms with Gasteiger partial charge in [-0.15, -0.1) is 0 Å². The summed E-state index contributed by atoms with van der Waals surface area (Å²) in [5.41, 5.74) is 0. The minimum atomic E-state index is -5.84. The fourth-order valence-electron chi connectivity index (χ4n) is 2.95. The van der Waals surface area contributed by atoms with E-state index in [1.54, 1.807) is 0 Å². The number of hydrogen-bond donors (Lipinski definition) is 6. The number of ether oxygens (including phenoxy) is 2. The number of hydrogen-bond acceptors (Lipinski definition) is 16. The average Bonchev–Trinajstić information content (AvgIpc) is 3.06. The van der Waals surface area contributed by atoms with Crippen LogP contribution in [0.4, 0.5) is 0 Å². The lowest BCUT2D eigenvalue weighted by molar-refractivity contribution is -0.200. The summed E-state index contributed by atoms with van der Waals surface area (Å²) in [4.78, 5) is 42.9. The molecule has 2 heterocycles. The second-order valence-electron chi connectivity index (χ2n) is 7.54. The summed E-state index contributed by atoms with van der Waals surface area (Å²) >= 11 is 0. The van der Waals surface area contributed by atoms with E-state index < -0.39 is 98.7 Å². The van der Waals surface area contributed by atoms with Crippen molar-refractivity contribution >= 4 is 38.7 Å². The van der Waals surface area contributed by atoms with Gasteiger partial charge < -0.3 is 58.6 Å². The molecular weight excluding hydrogens is 567 g/mol. The highest BCUT2D eigenvalue weighted by atomic mass is 31.3. The zero-order chi connectivity index (χ0) is 27.0. The van der Waals surface area contributed by atoms with Gasteiger partial charge in [0.2, 0.25) is 0 Å². The van der Waals surface area contributed by atoms with Crippen molar-refractivity contribution in [1.82, 2.24) is 0 Å². The zero-order valence-electron chi connectivity index (χ0n) is 17.7. The van der Waals surface area contributed by atoms with Gasteiger partial charge in [-0.05, 0) is 6.92 Å². The van der Waals surface area contributed by atoms with Crippen LogP contribution < -0.4 is 9.79 Å². The molecular formula is C12H23BO18P4-2. The molecule has 12 atom stereocenters. The topological polar surface area (TPSA) is 291 Å². The highest BCUT2D eigenvalue weighted by Gasteiger charge is 2.43. The summed E-state index contributed by atoms with van der Waals surface area (Å²) in [6.45, 7) is -0.576. The van der Waals surface area contributed by atoms with E-state index >= 15 is 0 Å². The SMILES string of the molecule is [B][C@@H]1O[C@H](COP(=O)(O)OP(=O)([O-])CP(=O)([O-])OP(=O)(O)OCC2OC(C)C(O)C2O)C(O)C1O. The van der Waals surface area contributed by atoms with E-state index in [0.717, 1.165) is 0 Å². The van der Waals surface area contributed by atoms with Gasteiger partial charge >= 0.3 is 15.6 Å². The molecule has 18 nitrogen and oxygen atoms in total. The molecule has 2 rings (SSSR count). The Morgan fingerprint density at radius 3 is 1.51 bits per heavy atom. The monoisotopic (exact) mass is 590 g/mol. The quantitative estimate of drug-likeness (QED) is 0.0947. The second-order valence-corrected chi connectivity index (χ2v) is 14.8. The third-order valence-electron chi connectivity index (χ3n) is 4.61. The van der Waals surface area contributed by atoms with Crippen LogP contribution in [0.5, 0.6) is 0 Å². The molecule has 204 valence electrons. The first-order valence-electron chi connectivity index (χ1n) is 9.50. The Kier molecular flexibility index (Phi) is 10.5. The molecule has 2 fully saturated rings. The predicted octanol–water partition coefficient (Wildman–Crippen LogP) is -3.56. The summed E-state index contributed by atoms with van der Waals surface area (Å²) in [7, 11) is -17.5. The maximum absolute atomic E-state index is 11.9. The van der Waals surface area contributed by atoms with E-state index in [-0.39, 0.29) is 0 Å². The fraction of sp³-hybridized carbons (Fsp3) is 1.00. The van der Waals surface area contributed by atoms with E-state index in [0.29, 0.717) is 0 Å². The highest BCUT2D eigenvalue weighted by Crippen LogP contribution is 2.67. The molecule has 0 saturated carbocycles. The largest absolute Gasteiger partial charge is 0.778 e. The highest BCUT2D eigenvalue weighted by molar-refractivity contribution is 7.75. The lowest BCUT2D eigenvalue weighted by Crippen LogP contribution is -2.34. The lowest BCUT2D eigenvalue weighted by atomic mass is 9.93. The summed E-state index contributed by atoms with van der Waals surface area (Å²) in [5, 5.41) is 38.3. The van der Waals surface area contributed by atoms with Gasteiger partial charge in [0.15, 0.2) is 15.2 Å². The molecule has 35 heavy (non-hydrogen) atoms. The Balaban J connectivity index is 1.89. The molecule has 0 aromatic heterocycles. The maximum atomic E-state index is 11.9. The predicted molar refractivity (Wildman–Crippen MR) is 107 cm³/mol. The van der Waals surface area contributed by atoms with E-state index in [1.165, 1.54) is 6.92 Å². The molecule has 10 unspecified atom stereocenters. The first-order chi connectivity index (χ1) is 15.7. The Morgan fingerprint density at radius 2 is 1.17 bits per heavy atom. The molecule has 0 aromatic rings. The molecule has 2 saturated heterocycles. The molecule has 23 heteroatoms. The van der Waals surface area contributed by atoms with Gasteiger partial charge in [0.25, 0.3) is 0 Å². The first-order valence-corrected chi connectivity index (χ1v) is 16.0. The third kappa shape index (κ3) is 9.29. The van der Waals surface area contributed by atoms with Gasteiger partial charge in [0.05, 0.1) is 31.3 Å². The number of phosphoric acid groups is 2. The molecule has 0 amide bonds. The van der Waals surface area contributed by atoms with Crippen molar-refractivity contribution in [3.05, 3.63) is 0 Å². The van der Waals surface area contributed by atoms with Crippen molar-refractivity contribution in [2.75, 3.05) is 19.1 Å². The number of phosphoric ester groups is 2. The van der Waals surface area contributed by atoms with Crippen LogP contribution in [-0.2, 0) is 45.4 Å². The van der Waals surface area contributed by atoms with E-state index in [1.807, 2.05) is 0 Å². The van der Waals surface area contributed by atoms with E-state index in [9.17, 15) is 58.3 Å². The van der Waals surface area contributed by atoms with Crippen LogP contribution in [-0.4, -0.2) is 106 Å². The average molecular weight is 590 g/mol. The molecule has 0 bridgehead atoms. The zero-order valence-corrected chi connectivity index (χ0v) is 21.3. The van der Waals surface area contributed by atoms with Crippen LogP contribution in [0.1, 0.15) is 6.92 Å². The third-order valence-corrected chi connectivity index (χ3v) is 12.0. The van der Waals surface area contributed by atoms with Gasteiger partial charge in [0, 0.05) is 6.00 Å². The van der Waals surface area contributed by atoms with Crippen molar-refractivity contribution in [3.8, 4) is 0 Å². The molecule has 2 radical (unpaired) electrons. The molecule has 0 aliphatic carbocycles. The Morgan fingerprint density at radius 1 is 0.771 bits per heavy atom. The van der Waals surface area contributed by atoms with Crippen LogP contribution in [0.3, 0.4) is 0 Å². The van der Waals surface area contributed by atoms with Gasteiger partial charge in [0.1, 0.15) is 38.4 Å². The Bertz CT molecular complexity index is 861. The molecule has 6 N–H and O–H groups in total. The van der Waals surface area contributed by atoms with Crippen molar-refractivity contribution in [1.29, 1.82) is 0 Å². The van der Waals surface area contributed by atoms with E-state index in [2.05, 4.69) is 17.7 Å². The van der Waals surface area contributed by atoms with Crippen LogP contribution >= 0.6 is 30.8 Å². The van der Waals surface area contributed by atoms with Gasteiger partial charge in [-0.3, -0.25) is 9.05 Å². The Hall–Kier alpha value is 0.425. The number of aliphatic hydroxyl groups is 4. The number of aliphatic hydroxyl groups excluding tert-OH is 4. The normalized spacial score (nSPS) is 40.5. The van der Waals surface area contributed by atoms with Crippen LogP contribution in [0, 0.1) is 0 Å². The van der Waals surface area contributed by atoms with Crippen molar-refractivity contribution < 1.29 is 85.4 Å². The van der Waals surface area contributed by atoms with Crippen molar-refractivity contribution in [2.24, 2.45) is 0 Å². The summed E-state index contributed by atoms with van der Waals surface area (Å²) < 4.78 is 73.7. The first kappa shape index (κ1) is 31.6. The van der Waals surface area contributed by atoms with Gasteiger partial charge in [-0.1, -0.05) is 0 Å². The minimum absolute atomic E-state index is 0.881. The smallest absolute Gasteiger partial charge is 0.477 e. The van der Waals surface area contributed by atoms with E-state index in [4.69, 9.17) is 17.3 Å². The van der Waals surface area contributed by atoms with Gasteiger partial charge in [-0.25, -0.2) is 17.8 Å². The van der Waals surface area contributed by atoms with Crippen LogP contribution in [0.15, 0.2) is 0 Å². The Labute approximate surface area is 199 Å². The molecule has 2 aliphatic heterocycles. The second kappa shape index (κ2) is 11.7. The summed E-state index contributed by atoms with van der Waals surface area (Å²) in [5.74, 6) is -2.19. The van der Waals surface area contributed by atoms with Crippen LogP contribution in [0.2, 0.25) is 0 Å². The summed E-state index contributed by atoms with van der Waals surface area (Å²) in [6, 6.07) is -1.37. The minimum Gasteiger partial charge on any atom is -0.778 e. The summed E-state index contributed by atoms with van der Waals surface area (Å²) in [6.07, 6.45) is -9.85. The lowest BCUT2D eigenvalue weighted by Gasteiger charge is -2.32. The molecule has 0 aromatic carbocycles. The van der Waals surface area contributed by atoms with Crippen LogP contribution in [0.25, 0.3) is 0 Å². The standard InChI is InChI=1S/C12H25BO18P4/c1-5-8(14)9(15)6(28-5)2-26-34(22,23)30-32(18,19)4-33(20,21)31-35(24,25)27-3-7-10(16)11(17)12(13)29-7/h5-12,14-17H,2-4H2,1H3,(H,18,19)(H,20,21)(H,22,23)(H,24,25)/p-2/t5?,6?,7-,8?,9?,10?,11?,12-/m1/s1. The van der Waals surface area contributed by atoms with Crippen molar-refractivity contribution in [2.45, 2.75) is 55.7 Å². The maximum Gasteiger partial charge on any atom is 0.477 e.